The van der Waals surface area contributed by atoms with Crippen LogP contribution in [0.15, 0.2) is 39.9 Å². The smallest absolute Gasteiger partial charge is 0.330 e. The maximum absolute atomic E-state index is 12.8. The molecule has 9 nitrogen and oxygen atoms in total. The summed E-state index contributed by atoms with van der Waals surface area (Å²) in [5.41, 5.74) is 5.42. The Bertz CT molecular complexity index is 1010. The van der Waals surface area contributed by atoms with Gasteiger partial charge in [0, 0.05) is 6.54 Å². The fourth-order valence-electron chi connectivity index (χ4n) is 2.82. The van der Waals surface area contributed by atoms with E-state index in [1.54, 1.807) is 13.8 Å². The lowest BCUT2D eigenvalue weighted by Gasteiger charge is -2.26. The average Bonchev–Trinajstić information content (AvgIpc) is 2.68. The van der Waals surface area contributed by atoms with Crippen LogP contribution in [-0.2, 0) is 20.9 Å². The predicted octanol–water partition coefficient (Wildman–Crippen LogP) is 1.36. The molecule has 9 heteroatoms. The van der Waals surface area contributed by atoms with Crippen molar-refractivity contribution in [1.29, 1.82) is 0 Å². The summed E-state index contributed by atoms with van der Waals surface area (Å²) in [6.45, 7) is 6.80. The maximum Gasteiger partial charge on any atom is 0.330 e. The number of anilines is 2. The first-order valence-corrected chi connectivity index (χ1v) is 9.75. The first-order valence-electron chi connectivity index (χ1n) is 9.75. The highest BCUT2D eigenvalue weighted by Crippen LogP contribution is 2.19. The van der Waals surface area contributed by atoms with Gasteiger partial charge in [0.2, 0.25) is 0 Å². The van der Waals surface area contributed by atoms with Gasteiger partial charge in [-0.25, -0.2) is 4.79 Å². The number of nitrogens with one attached hydrogen (secondary N) is 1. The van der Waals surface area contributed by atoms with Crippen LogP contribution < -0.4 is 21.9 Å². The van der Waals surface area contributed by atoms with Crippen LogP contribution in [-0.4, -0.2) is 34.6 Å². The van der Waals surface area contributed by atoms with Crippen molar-refractivity contribution >= 4 is 23.4 Å². The molecule has 0 aliphatic rings. The summed E-state index contributed by atoms with van der Waals surface area (Å²) in [5.74, 6) is -1.65. The van der Waals surface area contributed by atoms with Gasteiger partial charge in [-0.05, 0) is 11.5 Å². The first-order chi connectivity index (χ1) is 14.1. The summed E-state index contributed by atoms with van der Waals surface area (Å²) >= 11 is 0. The van der Waals surface area contributed by atoms with E-state index in [2.05, 4.69) is 4.98 Å². The molecule has 0 aliphatic carbocycles. The van der Waals surface area contributed by atoms with Crippen LogP contribution in [0.2, 0.25) is 0 Å². The average molecular weight is 416 g/mol. The molecule has 1 aromatic carbocycles. The molecule has 0 atom stereocenters. The van der Waals surface area contributed by atoms with Gasteiger partial charge in [-0.15, -0.1) is 0 Å². The van der Waals surface area contributed by atoms with E-state index >= 15 is 0 Å². The summed E-state index contributed by atoms with van der Waals surface area (Å²) in [6, 6.07) is 9.12. The van der Waals surface area contributed by atoms with E-state index < -0.39 is 35.7 Å². The van der Waals surface area contributed by atoms with Crippen molar-refractivity contribution < 1.29 is 14.3 Å². The number of rotatable bonds is 8. The zero-order chi connectivity index (χ0) is 22.4. The largest absolute Gasteiger partial charge is 0.455 e. The third kappa shape index (κ3) is 5.59. The van der Waals surface area contributed by atoms with Crippen molar-refractivity contribution in [3.05, 3.63) is 56.7 Å². The quantitative estimate of drug-likeness (QED) is 0.626. The van der Waals surface area contributed by atoms with Crippen LogP contribution in [0.5, 0.6) is 0 Å². The lowest BCUT2D eigenvalue weighted by Crippen LogP contribution is -2.44. The SMILES string of the molecule is CC(C)CN(C(=O)COC(=O)C(C)C)c1c(N)n(Cc2ccccc2)c(=O)[nH]c1=O. The molecular weight excluding hydrogens is 388 g/mol. The van der Waals surface area contributed by atoms with E-state index in [-0.39, 0.29) is 30.5 Å². The molecule has 1 amide bonds. The molecule has 1 aromatic heterocycles. The number of nitrogen functional groups attached to an aromatic ring is 1. The summed E-state index contributed by atoms with van der Waals surface area (Å²) < 4.78 is 6.23. The number of amides is 1. The highest BCUT2D eigenvalue weighted by atomic mass is 16.5. The van der Waals surface area contributed by atoms with Crippen LogP contribution in [0.1, 0.15) is 33.3 Å². The van der Waals surface area contributed by atoms with Crippen LogP contribution >= 0.6 is 0 Å². The Morgan fingerprint density at radius 2 is 1.77 bits per heavy atom. The molecule has 0 radical (unpaired) electrons. The van der Waals surface area contributed by atoms with Crippen LogP contribution in [0.25, 0.3) is 0 Å². The number of nitrogens with zero attached hydrogens (tertiary/aromatic N) is 2. The Kier molecular flexibility index (Phi) is 7.57. The number of carbonyl (C=O) groups excluding carboxylic acids is 2. The third-order valence-electron chi connectivity index (χ3n) is 4.33. The molecule has 0 spiro atoms. The highest BCUT2D eigenvalue weighted by molar-refractivity contribution is 5.97. The molecular formula is C21H28N4O5. The van der Waals surface area contributed by atoms with Gasteiger partial charge in [-0.1, -0.05) is 58.0 Å². The fraction of sp³-hybridized carbons (Fsp3) is 0.429. The van der Waals surface area contributed by atoms with Crippen molar-refractivity contribution in [1.82, 2.24) is 9.55 Å². The number of hydrogen-bond acceptors (Lipinski definition) is 6. The van der Waals surface area contributed by atoms with Crippen molar-refractivity contribution in [2.75, 3.05) is 23.8 Å². The molecule has 0 saturated carbocycles. The molecule has 3 N–H and O–H groups in total. The monoisotopic (exact) mass is 416 g/mol. The summed E-state index contributed by atoms with van der Waals surface area (Å²) in [6.07, 6.45) is 0. The van der Waals surface area contributed by atoms with Crippen molar-refractivity contribution in [3.63, 3.8) is 0 Å². The molecule has 2 aromatic rings. The van der Waals surface area contributed by atoms with Crippen LogP contribution in [0.3, 0.4) is 0 Å². The lowest BCUT2D eigenvalue weighted by atomic mass is 10.2. The summed E-state index contributed by atoms with van der Waals surface area (Å²) in [4.78, 5) is 52.9. The Hall–Kier alpha value is -3.36. The predicted molar refractivity (Wildman–Crippen MR) is 114 cm³/mol. The van der Waals surface area contributed by atoms with E-state index in [1.807, 2.05) is 44.2 Å². The topological polar surface area (TPSA) is 127 Å². The van der Waals surface area contributed by atoms with Crippen LogP contribution in [0, 0.1) is 11.8 Å². The lowest BCUT2D eigenvalue weighted by molar-refractivity contribution is -0.151. The molecule has 162 valence electrons. The van der Waals surface area contributed by atoms with Crippen molar-refractivity contribution in [2.45, 2.75) is 34.2 Å². The standard InChI is InChI=1S/C21H28N4O5/c1-13(2)10-24(16(26)12-30-20(28)14(3)4)17-18(22)25(21(29)23-19(17)27)11-15-8-6-5-7-9-15/h5-9,13-14H,10-12,22H2,1-4H3,(H,23,27,29). The Labute approximate surface area is 174 Å². The number of ether oxygens (including phenoxy) is 1. The summed E-state index contributed by atoms with van der Waals surface area (Å²) in [7, 11) is 0. The molecule has 2 rings (SSSR count). The van der Waals surface area contributed by atoms with E-state index in [0.717, 1.165) is 5.56 Å². The molecule has 0 unspecified atom stereocenters. The normalized spacial score (nSPS) is 11.0. The number of aromatic nitrogens is 2. The second-order valence-corrected chi connectivity index (χ2v) is 7.73. The van der Waals surface area contributed by atoms with Gasteiger partial charge in [0.15, 0.2) is 12.3 Å². The minimum Gasteiger partial charge on any atom is -0.455 e. The molecule has 1 heterocycles. The van der Waals surface area contributed by atoms with E-state index in [1.165, 1.54) is 9.47 Å². The highest BCUT2D eigenvalue weighted by Gasteiger charge is 2.26. The number of H-pyrrole nitrogens is 1. The minimum absolute atomic E-state index is 0.0111. The van der Waals surface area contributed by atoms with Gasteiger partial charge in [-0.3, -0.25) is 23.9 Å². The molecule has 0 fully saturated rings. The minimum atomic E-state index is -0.772. The number of esters is 1. The number of nitrogens with two attached hydrogens (primary N) is 1. The molecule has 30 heavy (non-hydrogen) atoms. The Morgan fingerprint density at radius 3 is 2.33 bits per heavy atom. The number of benzene rings is 1. The Balaban J connectivity index is 2.46. The first kappa shape index (κ1) is 22.9. The zero-order valence-electron chi connectivity index (χ0n) is 17.7. The zero-order valence-corrected chi connectivity index (χ0v) is 17.7. The van der Waals surface area contributed by atoms with Gasteiger partial charge in [0.25, 0.3) is 11.5 Å². The maximum atomic E-state index is 12.8. The number of aromatic amines is 1. The van der Waals surface area contributed by atoms with Gasteiger partial charge < -0.3 is 15.4 Å². The van der Waals surface area contributed by atoms with Gasteiger partial charge in [-0.2, -0.15) is 0 Å². The Morgan fingerprint density at radius 1 is 1.13 bits per heavy atom. The van der Waals surface area contributed by atoms with Crippen molar-refractivity contribution in [2.24, 2.45) is 11.8 Å². The van der Waals surface area contributed by atoms with Gasteiger partial charge in [0.1, 0.15) is 5.82 Å². The van der Waals surface area contributed by atoms with Crippen molar-refractivity contribution in [3.8, 4) is 0 Å². The van der Waals surface area contributed by atoms with Crippen LogP contribution in [0.4, 0.5) is 11.5 Å². The van der Waals surface area contributed by atoms with Gasteiger partial charge >= 0.3 is 11.7 Å². The number of carbonyl (C=O) groups is 2. The molecule has 0 saturated heterocycles. The molecule has 0 bridgehead atoms. The molecule has 0 aliphatic heterocycles. The van der Waals surface area contributed by atoms with E-state index in [4.69, 9.17) is 10.5 Å². The second-order valence-electron chi connectivity index (χ2n) is 7.73. The second kappa shape index (κ2) is 9.91. The van der Waals surface area contributed by atoms with Gasteiger partial charge in [0.05, 0.1) is 12.5 Å². The van der Waals surface area contributed by atoms with E-state index in [9.17, 15) is 19.2 Å². The van der Waals surface area contributed by atoms with E-state index in [0.29, 0.717) is 0 Å². The third-order valence-corrected chi connectivity index (χ3v) is 4.33. The number of hydrogen-bond donors (Lipinski definition) is 2. The fourth-order valence-corrected chi connectivity index (χ4v) is 2.82. The summed E-state index contributed by atoms with van der Waals surface area (Å²) in [5, 5.41) is 0.